The molecule has 0 bridgehead atoms. The highest BCUT2D eigenvalue weighted by Crippen LogP contribution is 2.23. The summed E-state index contributed by atoms with van der Waals surface area (Å²) in [6.07, 6.45) is 1.31. The molecule has 3 aromatic carbocycles. The van der Waals surface area contributed by atoms with Crippen LogP contribution in [0.15, 0.2) is 82.4 Å². The first-order valence-corrected chi connectivity index (χ1v) is 10.8. The summed E-state index contributed by atoms with van der Waals surface area (Å²) in [5.74, 6) is -1.44. The molecule has 3 aromatic rings. The number of rotatable bonds is 8. The molecule has 0 aliphatic heterocycles. The van der Waals surface area contributed by atoms with Crippen molar-refractivity contribution in [3.63, 3.8) is 0 Å². The first-order valence-electron chi connectivity index (χ1n) is 10.0. The van der Waals surface area contributed by atoms with Gasteiger partial charge >= 0.3 is 11.8 Å². The molecule has 0 aliphatic rings. The Hall–Kier alpha value is -4.18. The average molecular weight is 525 g/mol. The minimum Gasteiger partial charge on any atom is -0.495 e. The quantitative estimate of drug-likeness (QED) is 0.236. The topological polar surface area (TPSA) is 118 Å². The molecule has 3 N–H and O–H groups in total. The number of para-hydroxylation sites is 3. The second kappa shape index (κ2) is 12.2. The number of amides is 3. The largest absolute Gasteiger partial charge is 0.495 e. The second-order valence-electron chi connectivity index (χ2n) is 6.74. The fourth-order valence-electron chi connectivity index (χ4n) is 2.75. The van der Waals surface area contributed by atoms with Crippen molar-refractivity contribution in [2.24, 2.45) is 5.10 Å². The Morgan fingerprint density at radius 3 is 2.41 bits per heavy atom. The third kappa shape index (κ3) is 7.17. The van der Waals surface area contributed by atoms with Crippen LogP contribution in [0.1, 0.15) is 5.56 Å². The van der Waals surface area contributed by atoms with E-state index in [1.807, 2.05) is 18.2 Å². The lowest BCUT2D eigenvalue weighted by Crippen LogP contribution is -2.32. The number of carbonyl (C=O) groups excluding carboxylic acids is 3. The van der Waals surface area contributed by atoms with Gasteiger partial charge in [0.05, 0.1) is 19.0 Å². The number of hydrogen-bond donors (Lipinski definition) is 3. The maximum Gasteiger partial charge on any atom is 0.329 e. The molecule has 174 valence electrons. The molecular formula is C24H21BrN4O5. The van der Waals surface area contributed by atoms with Gasteiger partial charge in [-0.3, -0.25) is 14.4 Å². The minimum atomic E-state index is -0.970. The second-order valence-corrected chi connectivity index (χ2v) is 7.65. The molecule has 0 saturated heterocycles. The summed E-state index contributed by atoms with van der Waals surface area (Å²) in [6.45, 7) is -0.231. The van der Waals surface area contributed by atoms with Crippen LogP contribution >= 0.6 is 15.9 Å². The number of nitrogens with zero attached hydrogens (tertiary/aromatic N) is 1. The lowest BCUT2D eigenvalue weighted by atomic mass is 10.2. The number of anilines is 2. The molecule has 0 heterocycles. The van der Waals surface area contributed by atoms with Gasteiger partial charge in [0.2, 0.25) is 0 Å². The van der Waals surface area contributed by atoms with Crippen LogP contribution < -0.4 is 25.5 Å². The van der Waals surface area contributed by atoms with Gasteiger partial charge in [-0.1, -0.05) is 46.3 Å². The van der Waals surface area contributed by atoms with Gasteiger partial charge in [-0.25, -0.2) is 5.43 Å². The van der Waals surface area contributed by atoms with Crippen LogP contribution in [0, 0.1) is 0 Å². The van der Waals surface area contributed by atoms with Gasteiger partial charge in [-0.05, 0) is 42.5 Å². The Bertz CT molecular complexity index is 1200. The summed E-state index contributed by atoms with van der Waals surface area (Å²) in [7, 11) is 1.46. The number of carbonyl (C=O) groups is 3. The van der Waals surface area contributed by atoms with E-state index in [1.165, 1.54) is 13.3 Å². The summed E-state index contributed by atoms with van der Waals surface area (Å²) >= 11 is 3.36. The first kappa shape index (κ1) is 24.5. The summed E-state index contributed by atoms with van der Waals surface area (Å²) < 4.78 is 11.5. The fourth-order valence-corrected chi connectivity index (χ4v) is 3.13. The van der Waals surface area contributed by atoms with Crippen molar-refractivity contribution < 1.29 is 23.9 Å². The van der Waals surface area contributed by atoms with E-state index < -0.39 is 11.8 Å². The van der Waals surface area contributed by atoms with Crippen molar-refractivity contribution in [2.45, 2.75) is 0 Å². The van der Waals surface area contributed by atoms with Gasteiger partial charge in [-0.15, -0.1) is 0 Å². The molecule has 0 saturated carbocycles. The number of hydrazone groups is 1. The molecule has 0 spiro atoms. The van der Waals surface area contributed by atoms with Crippen LogP contribution in [-0.4, -0.2) is 37.7 Å². The van der Waals surface area contributed by atoms with E-state index >= 15 is 0 Å². The van der Waals surface area contributed by atoms with E-state index in [-0.39, 0.29) is 12.5 Å². The normalized spacial score (nSPS) is 10.4. The number of ether oxygens (including phenoxy) is 2. The molecule has 0 unspecified atom stereocenters. The van der Waals surface area contributed by atoms with Gasteiger partial charge in [0.15, 0.2) is 6.61 Å². The van der Waals surface area contributed by atoms with Crippen LogP contribution in [-0.2, 0) is 14.4 Å². The Morgan fingerprint density at radius 1 is 0.912 bits per heavy atom. The van der Waals surface area contributed by atoms with E-state index in [2.05, 4.69) is 37.1 Å². The summed E-state index contributed by atoms with van der Waals surface area (Å²) in [4.78, 5) is 36.4. The third-order valence-corrected chi connectivity index (χ3v) is 4.81. The van der Waals surface area contributed by atoms with Gasteiger partial charge in [0.1, 0.15) is 11.5 Å². The number of benzene rings is 3. The van der Waals surface area contributed by atoms with Crippen molar-refractivity contribution in [1.29, 1.82) is 0 Å². The molecule has 9 nitrogen and oxygen atoms in total. The first-order chi connectivity index (χ1) is 16.5. The van der Waals surface area contributed by atoms with Crippen molar-refractivity contribution in [3.8, 4) is 11.5 Å². The SMILES string of the molecule is COc1ccccc1NC(=O)C(=O)N/N=C\c1cc(Br)ccc1OCC(=O)Nc1ccccc1. The van der Waals surface area contributed by atoms with Crippen LogP contribution in [0.5, 0.6) is 11.5 Å². The summed E-state index contributed by atoms with van der Waals surface area (Å²) in [6, 6.07) is 20.8. The molecule has 0 fully saturated rings. The number of nitrogens with one attached hydrogen (secondary N) is 3. The van der Waals surface area contributed by atoms with Crippen LogP contribution in [0.3, 0.4) is 0 Å². The van der Waals surface area contributed by atoms with E-state index in [4.69, 9.17) is 9.47 Å². The molecule has 0 radical (unpaired) electrons. The number of methoxy groups -OCH3 is 1. The average Bonchev–Trinajstić information content (AvgIpc) is 2.84. The molecule has 3 amide bonds. The van der Waals surface area contributed by atoms with E-state index in [1.54, 1.807) is 54.6 Å². The molecular weight excluding hydrogens is 504 g/mol. The molecule has 3 rings (SSSR count). The maximum absolute atomic E-state index is 12.1. The Labute approximate surface area is 204 Å². The van der Waals surface area contributed by atoms with Crippen molar-refractivity contribution in [3.05, 3.63) is 82.8 Å². The highest BCUT2D eigenvalue weighted by Gasteiger charge is 2.15. The minimum absolute atomic E-state index is 0.231. The van der Waals surface area contributed by atoms with E-state index in [0.717, 1.165) is 4.47 Å². The van der Waals surface area contributed by atoms with Gasteiger partial charge in [-0.2, -0.15) is 5.10 Å². The summed E-state index contributed by atoms with van der Waals surface area (Å²) in [5.41, 5.74) is 3.65. The molecule has 0 aliphatic carbocycles. The monoisotopic (exact) mass is 524 g/mol. The zero-order valence-electron chi connectivity index (χ0n) is 18.1. The number of halogens is 1. The summed E-state index contributed by atoms with van der Waals surface area (Å²) in [5, 5.41) is 9.01. The highest BCUT2D eigenvalue weighted by molar-refractivity contribution is 9.10. The molecule has 0 atom stereocenters. The lowest BCUT2D eigenvalue weighted by molar-refractivity contribution is -0.136. The zero-order chi connectivity index (χ0) is 24.3. The van der Waals surface area contributed by atoms with Gasteiger partial charge in [0, 0.05) is 15.7 Å². The molecule has 0 aromatic heterocycles. The van der Waals surface area contributed by atoms with E-state index in [0.29, 0.717) is 28.4 Å². The van der Waals surface area contributed by atoms with Crippen LogP contribution in [0.4, 0.5) is 11.4 Å². The Morgan fingerprint density at radius 2 is 1.65 bits per heavy atom. The Balaban J connectivity index is 1.58. The predicted octanol–water partition coefficient (Wildman–Crippen LogP) is 3.56. The smallest absolute Gasteiger partial charge is 0.329 e. The standard InChI is InChI=1S/C24H21BrN4O5/c1-33-21-10-6-5-9-19(21)28-23(31)24(32)29-26-14-16-13-17(25)11-12-20(16)34-15-22(30)27-18-7-3-2-4-8-18/h2-14H,15H2,1H3,(H,27,30)(H,28,31)(H,29,32)/b26-14-. The van der Waals surface area contributed by atoms with Crippen molar-refractivity contribution >= 4 is 51.2 Å². The molecule has 34 heavy (non-hydrogen) atoms. The third-order valence-electron chi connectivity index (χ3n) is 4.32. The van der Waals surface area contributed by atoms with Crippen LogP contribution in [0.25, 0.3) is 0 Å². The van der Waals surface area contributed by atoms with Crippen molar-refractivity contribution in [2.75, 3.05) is 24.4 Å². The van der Waals surface area contributed by atoms with Crippen molar-refractivity contribution in [1.82, 2.24) is 5.43 Å². The van der Waals surface area contributed by atoms with E-state index in [9.17, 15) is 14.4 Å². The predicted molar refractivity (Wildman–Crippen MR) is 132 cm³/mol. The lowest BCUT2D eigenvalue weighted by Gasteiger charge is -2.10. The maximum atomic E-state index is 12.1. The van der Waals surface area contributed by atoms with Gasteiger partial charge in [0.25, 0.3) is 5.91 Å². The highest BCUT2D eigenvalue weighted by atomic mass is 79.9. The molecule has 10 heteroatoms. The Kier molecular flexibility index (Phi) is 8.75. The fraction of sp³-hybridized carbons (Fsp3) is 0.0833. The zero-order valence-corrected chi connectivity index (χ0v) is 19.7. The van der Waals surface area contributed by atoms with Crippen LogP contribution in [0.2, 0.25) is 0 Å². The number of hydrogen-bond acceptors (Lipinski definition) is 6. The van der Waals surface area contributed by atoms with Gasteiger partial charge < -0.3 is 20.1 Å².